The van der Waals surface area contributed by atoms with E-state index in [-0.39, 0.29) is 33.2 Å². The van der Waals surface area contributed by atoms with Gasteiger partial charge < -0.3 is 9.52 Å². The van der Waals surface area contributed by atoms with E-state index < -0.39 is 11.7 Å². The van der Waals surface area contributed by atoms with E-state index in [1.165, 1.54) is 41.7 Å². The van der Waals surface area contributed by atoms with Crippen LogP contribution in [0.3, 0.4) is 0 Å². The lowest BCUT2D eigenvalue weighted by atomic mass is 10.1. The predicted octanol–water partition coefficient (Wildman–Crippen LogP) is 4.87. The Labute approximate surface area is 166 Å². The van der Waals surface area contributed by atoms with Gasteiger partial charge in [-0.3, -0.25) is 10.1 Å². The Bertz CT molecular complexity index is 1260. The maximum absolute atomic E-state index is 14.1. The molecule has 0 atom stereocenters. The molecule has 9 heteroatoms. The Morgan fingerprint density at radius 3 is 2.89 bits per heavy atom. The molecule has 2 aromatic carbocycles. The van der Waals surface area contributed by atoms with Crippen LogP contribution in [-0.2, 0) is 0 Å². The number of aromatic hydroxyl groups is 1. The zero-order chi connectivity index (χ0) is 19.7. The molecule has 0 bridgehead atoms. The summed E-state index contributed by atoms with van der Waals surface area (Å²) < 4.78 is 19.8. The Morgan fingerprint density at radius 1 is 1.25 bits per heavy atom. The van der Waals surface area contributed by atoms with Gasteiger partial charge in [-0.25, -0.2) is 14.4 Å². The van der Waals surface area contributed by atoms with Gasteiger partial charge in [-0.15, -0.1) is 11.3 Å². The van der Waals surface area contributed by atoms with Crippen LogP contribution in [0.2, 0.25) is 5.02 Å². The normalized spacial score (nSPS) is 11.7. The van der Waals surface area contributed by atoms with Gasteiger partial charge in [0.1, 0.15) is 28.4 Å². The summed E-state index contributed by atoms with van der Waals surface area (Å²) in [6.45, 7) is 0. The van der Waals surface area contributed by atoms with Crippen molar-refractivity contribution in [2.75, 3.05) is 5.32 Å². The molecule has 0 fully saturated rings. The van der Waals surface area contributed by atoms with E-state index in [2.05, 4.69) is 15.3 Å². The summed E-state index contributed by atoms with van der Waals surface area (Å²) in [5.74, 6) is -1.16. The van der Waals surface area contributed by atoms with Gasteiger partial charge in [0.05, 0.1) is 0 Å². The molecule has 0 spiro atoms. The van der Waals surface area contributed by atoms with Crippen LogP contribution < -0.4 is 10.9 Å². The fourth-order valence-electron chi connectivity index (χ4n) is 2.48. The largest absolute Gasteiger partial charge is 0.508 e. The van der Waals surface area contributed by atoms with Crippen LogP contribution in [0.1, 0.15) is 10.4 Å². The lowest BCUT2D eigenvalue weighted by molar-refractivity contribution is 0.102. The number of hydrogen-bond acceptors (Lipinski definition) is 6. The number of carbonyl (C=O) groups is 1. The van der Waals surface area contributed by atoms with Crippen LogP contribution in [0.4, 0.5) is 15.2 Å². The van der Waals surface area contributed by atoms with E-state index in [1.54, 1.807) is 23.7 Å². The molecule has 0 aliphatic rings. The van der Waals surface area contributed by atoms with E-state index in [0.717, 1.165) is 0 Å². The molecule has 6 nitrogen and oxygen atoms in total. The summed E-state index contributed by atoms with van der Waals surface area (Å²) in [6.07, 6.45) is 1.56. The number of phenolic OH excluding ortho intramolecular Hbond substituents is 1. The number of amides is 1. The highest BCUT2D eigenvalue weighted by Gasteiger charge is 2.15. The highest BCUT2D eigenvalue weighted by atomic mass is 35.5. The first kappa shape index (κ1) is 18.1. The Morgan fingerprint density at radius 2 is 2.11 bits per heavy atom. The minimum Gasteiger partial charge on any atom is -0.508 e. The van der Waals surface area contributed by atoms with E-state index in [0.29, 0.717) is 10.5 Å². The highest BCUT2D eigenvalue weighted by molar-refractivity contribution is 7.13. The number of hydrogen-bond donors (Lipinski definition) is 2. The van der Waals surface area contributed by atoms with Crippen LogP contribution in [0, 0.1) is 5.82 Å². The molecule has 0 saturated carbocycles. The van der Waals surface area contributed by atoms with Gasteiger partial charge in [0.15, 0.2) is 5.13 Å². The second kappa shape index (κ2) is 7.41. The molecule has 2 aromatic heterocycles. The lowest BCUT2D eigenvalue weighted by Crippen LogP contribution is -2.21. The van der Waals surface area contributed by atoms with Crippen molar-refractivity contribution < 1.29 is 18.7 Å². The van der Waals surface area contributed by atoms with Gasteiger partial charge in [0.2, 0.25) is 5.55 Å². The summed E-state index contributed by atoms with van der Waals surface area (Å²) in [5.41, 5.74) is 0.145. The number of rotatable bonds is 3. The number of thiazole rings is 1. The Balaban J connectivity index is 1.92. The van der Waals surface area contributed by atoms with Gasteiger partial charge in [0, 0.05) is 28.1 Å². The van der Waals surface area contributed by atoms with Gasteiger partial charge in [0.25, 0.3) is 5.91 Å². The van der Waals surface area contributed by atoms with Crippen LogP contribution >= 0.6 is 22.9 Å². The van der Waals surface area contributed by atoms with Gasteiger partial charge in [-0.05, 0) is 36.4 Å². The second-order valence-corrected chi connectivity index (χ2v) is 7.02. The highest BCUT2D eigenvalue weighted by Crippen LogP contribution is 2.24. The summed E-state index contributed by atoms with van der Waals surface area (Å²) in [6, 6.07) is 9.87. The predicted molar refractivity (Wildman–Crippen MR) is 105 cm³/mol. The summed E-state index contributed by atoms with van der Waals surface area (Å²) in [5, 5.41) is 15.3. The molecule has 0 aliphatic heterocycles. The van der Waals surface area contributed by atoms with Gasteiger partial charge in [-0.2, -0.15) is 0 Å². The average Bonchev–Trinajstić information content (AvgIpc) is 3.17. The van der Waals surface area contributed by atoms with E-state index in [4.69, 9.17) is 16.0 Å². The zero-order valence-corrected chi connectivity index (χ0v) is 15.6. The van der Waals surface area contributed by atoms with Crippen molar-refractivity contribution in [1.82, 2.24) is 4.98 Å². The van der Waals surface area contributed by atoms with Crippen molar-refractivity contribution in [2.45, 2.75) is 0 Å². The first-order chi connectivity index (χ1) is 13.5. The number of phenols is 1. The minimum atomic E-state index is -0.623. The maximum atomic E-state index is 14.1. The van der Waals surface area contributed by atoms with Crippen LogP contribution in [0.25, 0.3) is 11.0 Å². The average molecular weight is 416 g/mol. The van der Waals surface area contributed by atoms with Gasteiger partial charge in [-0.1, -0.05) is 11.6 Å². The lowest BCUT2D eigenvalue weighted by Gasteiger charge is -2.06. The summed E-state index contributed by atoms with van der Waals surface area (Å²) in [4.78, 5) is 20.9. The molecule has 140 valence electrons. The fraction of sp³-hybridized carbons (Fsp3) is 0. The molecule has 0 unspecified atom stereocenters. The van der Waals surface area contributed by atoms with Gasteiger partial charge >= 0.3 is 0 Å². The molecular formula is C19H11ClFN3O3S. The first-order valence-corrected chi connectivity index (χ1v) is 9.23. The first-order valence-electron chi connectivity index (χ1n) is 7.97. The van der Waals surface area contributed by atoms with E-state index in [9.17, 15) is 14.3 Å². The van der Waals surface area contributed by atoms with Crippen LogP contribution in [-0.4, -0.2) is 16.0 Å². The Kier molecular flexibility index (Phi) is 4.81. The maximum Gasteiger partial charge on any atom is 0.262 e. The molecule has 2 heterocycles. The molecule has 2 N–H and O–H groups in total. The van der Waals surface area contributed by atoms with Crippen molar-refractivity contribution >= 4 is 50.6 Å². The number of nitrogens with one attached hydrogen (secondary N) is 1. The minimum absolute atomic E-state index is 0.0175. The number of carbonyl (C=O) groups excluding carboxylic acids is 1. The topological polar surface area (TPSA) is 87.7 Å². The molecule has 0 aliphatic carbocycles. The molecule has 4 rings (SSSR count). The van der Waals surface area contributed by atoms with Crippen LogP contribution in [0.5, 0.6) is 5.75 Å². The third-order valence-corrected chi connectivity index (χ3v) is 4.69. The number of aromatic nitrogens is 1. The molecule has 1 amide bonds. The summed E-state index contributed by atoms with van der Waals surface area (Å²) in [7, 11) is 0. The van der Waals surface area contributed by atoms with Crippen molar-refractivity contribution in [3.63, 3.8) is 0 Å². The van der Waals surface area contributed by atoms with Crippen molar-refractivity contribution in [2.24, 2.45) is 4.99 Å². The monoisotopic (exact) mass is 415 g/mol. The number of benzene rings is 2. The van der Waals surface area contributed by atoms with E-state index in [1.807, 2.05) is 0 Å². The summed E-state index contributed by atoms with van der Waals surface area (Å²) >= 11 is 7.17. The van der Waals surface area contributed by atoms with E-state index >= 15 is 0 Å². The molecular weight excluding hydrogens is 405 g/mol. The standard InChI is InChI=1S/C19H11ClFN3O3S/c20-11-2-4-14(21)15(8-11)23-18-13(17(26)24-19-22-5-6-28-19)7-10-1-3-12(25)9-16(10)27-18/h1-9,25H,(H,22,24,26). The van der Waals surface area contributed by atoms with Crippen molar-refractivity contribution in [3.05, 3.63) is 76.0 Å². The third-order valence-electron chi connectivity index (χ3n) is 3.76. The number of fused-ring (bicyclic) bond motifs is 1. The molecule has 0 saturated heterocycles. The quantitative estimate of drug-likeness (QED) is 0.499. The third kappa shape index (κ3) is 3.73. The second-order valence-electron chi connectivity index (χ2n) is 5.69. The van der Waals surface area contributed by atoms with Crippen molar-refractivity contribution in [1.29, 1.82) is 0 Å². The van der Waals surface area contributed by atoms with Crippen LogP contribution in [0.15, 0.2) is 63.5 Å². The molecule has 28 heavy (non-hydrogen) atoms. The SMILES string of the molecule is O=C(Nc1nccs1)c1cc2ccc(O)cc2oc1=Nc1cc(Cl)ccc1F. The fourth-order valence-corrected chi connectivity index (χ4v) is 3.17. The Hall–Kier alpha value is -3.23. The zero-order valence-electron chi connectivity index (χ0n) is 14.0. The number of halogens is 2. The number of anilines is 1. The molecule has 0 radical (unpaired) electrons. The van der Waals surface area contributed by atoms with Crippen molar-refractivity contribution in [3.8, 4) is 5.75 Å². The number of nitrogens with zero attached hydrogens (tertiary/aromatic N) is 2. The molecule has 4 aromatic rings. The smallest absolute Gasteiger partial charge is 0.262 e.